The van der Waals surface area contributed by atoms with E-state index in [2.05, 4.69) is 4.74 Å². The van der Waals surface area contributed by atoms with E-state index in [0.717, 1.165) is 0 Å². The minimum absolute atomic E-state index is 0.0452. The second kappa shape index (κ2) is 8.76. The van der Waals surface area contributed by atoms with Crippen LogP contribution in [0, 0.1) is 0 Å². The van der Waals surface area contributed by atoms with Crippen LogP contribution in [-0.2, 0) is 23.8 Å². The Morgan fingerprint density at radius 3 is 2.52 bits per heavy atom. The van der Waals surface area contributed by atoms with Crippen LogP contribution >= 0.6 is 0 Å². The Balaban J connectivity index is 2.72. The number of carbonyl (C=O) groups is 2. The Labute approximate surface area is 124 Å². The van der Waals surface area contributed by atoms with Crippen LogP contribution in [0.25, 0.3) is 0 Å². The number of hydrogen-bond acceptors (Lipinski definition) is 6. The molecule has 0 bridgehead atoms. The fourth-order valence-electron chi connectivity index (χ4n) is 2.23. The fourth-order valence-corrected chi connectivity index (χ4v) is 2.23. The van der Waals surface area contributed by atoms with Gasteiger partial charge in [0.05, 0.1) is 13.5 Å². The molecule has 7 nitrogen and oxygen atoms in total. The van der Waals surface area contributed by atoms with Gasteiger partial charge in [0.25, 0.3) is 0 Å². The first kappa shape index (κ1) is 17.6. The molecule has 1 N–H and O–H groups in total. The molecule has 0 saturated heterocycles. The number of amides is 1. The van der Waals surface area contributed by atoms with Gasteiger partial charge >= 0.3 is 5.97 Å². The highest BCUT2D eigenvalue weighted by atomic mass is 16.5. The van der Waals surface area contributed by atoms with Crippen molar-refractivity contribution in [3.05, 3.63) is 12.2 Å². The van der Waals surface area contributed by atoms with E-state index in [-0.39, 0.29) is 25.3 Å². The molecule has 0 aromatic heterocycles. The average Bonchev–Trinajstić information content (AvgIpc) is 2.48. The first-order valence-electron chi connectivity index (χ1n) is 6.78. The number of carbonyl (C=O) groups excluding carboxylic acids is 2. The number of ether oxygens (including phenoxy) is 3. The third kappa shape index (κ3) is 5.11. The molecule has 0 radical (unpaired) electrons. The van der Waals surface area contributed by atoms with Gasteiger partial charge in [-0.05, 0) is 0 Å². The number of esters is 1. The van der Waals surface area contributed by atoms with Gasteiger partial charge in [0, 0.05) is 33.7 Å². The minimum atomic E-state index is -0.785. The predicted molar refractivity (Wildman–Crippen MR) is 74.6 cm³/mol. The highest BCUT2D eigenvalue weighted by Gasteiger charge is 2.31. The van der Waals surface area contributed by atoms with Gasteiger partial charge in [0.2, 0.25) is 5.91 Å². The van der Waals surface area contributed by atoms with Crippen molar-refractivity contribution in [3.63, 3.8) is 0 Å². The van der Waals surface area contributed by atoms with E-state index in [1.165, 1.54) is 21.3 Å². The highest BCUT2D eigenvalue weighted by molar-refractivity contribution is 5.81. The lowest BCUT2D eigenvalue weighted by atomic mass is 10.0. The van der Waals surface area contributed by atoms with Crippen molar-refractivity contribution in [1.82, 2.24) is 4.90 Å². The van der Waals surface area contributed by atoms with Crippen molar-refractivity contribution in [1.29, 1.82) is 0 Å². The molecule has 120 valence electrons. The van der Waals surface area contributed by atoms with E-state index < -0.39 is 24.3 Å². The normalized spacial score (nSPS) is 26.1. The van der Waals surface area contributed by atoms with E-state index >= 15 is 0 Å². The van der Waals surface area contributed by atoms with E-state index in [9.17, 15) is 14.7 Å². The van der Waals surface area contributed by atoms with Gasteiger partial charge in [-0.1, -0.05) is 12.2 Å². The van der Waals surface area contributed by atoms with Crippen molar-refractivity contribution in [3.8, 4) is 0 Å². The molecule has 1 aliphatic heterocycles. The van der Waals surface area contributed by atoms with Gasteiger partial charge in [-0.3, -0.25) is 9.59 Å². The predicted octanol–water partition coefficient (Wildman–Crippen LogP) is -0.271. The second-order valence-corrected chi connectivity index (χ2v) is 4.77. The summed E-state index contributed by atoms with van der Waals surface area (Å²) in [6.45, 7) is 0.643. The smallest absolute Gasteiger partial charge is 0.306 e. The lowest BCUT2D eigenvalue weighted by Crippen LogP contribution is -2.49. The Kier molecular flexibility index (Phi) is 7.35. The molecule has 1 rings (SSSR count). The monoisotopic (exact) mass is 301 g/mol. The van der Waals surface area contributed by atoms with Gasteiger partial charge in [-0.15, -0.1) is 0 Å². The Bertz CT molecular complexity index is 384. The SMILES string of the molecule is COC(=O)CCC(=O)N1CC=C[C@@H](O)[C@H](OC)[C@@H](OC)C1. The summed E-state index contributed by atoms with van der Waals surface area (Å²) in [5.74, 6) is -0.585. The molecule has 0 aliphatic carbocycles. The Morgan fingerprint density at radius 2 is 1.95 bits per heavy atom. The van der Waals surface area contributed by atoms with Crippen LogP contribution in [-0.4, -0.2) is 74.6 Å². The molecule has 3 atom stereocenters. The largest absolute Gasteiger partial charge is 0.469 e. The van der Waals surface area contributed by atoms with Crippen molar-refractivity contribution in [2.45, 2.75) is 31.2 Å². The Hall–Kier alpha value is -1.44. The standard InChI is InChI=1S/C14H23NO6/c1-19-11-9-15(12(17)6-7-13(18)20-2)8-4-5-10(16)14(11)21-3/h4-5,10-11,14,16H,6-9H2,1-3H3/t10-,11+,14+/m1/s1. The molecular formula is C14H23NO6. The van der Waals surface area contributed by atoms with E-state index in [1.54, 1.807) is 17.1 Å². The zero-order valence-electron chi connectivity index (χ0n) is 12.7. The summed E-state index contributed by atoms with van der Waals surface area (Å²) >= 11 is 0. The zero-order chi connectivity index (χ0) is 15.8. The summed E-state index contributed by atoms with van der Waals surface area (Å²) < 4.78 is 15.1. The third-order valence-corrected chi connectivity index (χ3v) is 3.46. The number of nitrogens with zero attached hydrogens (tertiary/aromatic N) is 1. The average molecular weight is 301 g/mol. The molecule has 1 amide bonds. The number of methoxy groups -OCH3 is 3. The summed E-state index contributed by atoms with van der Waals surface area (Å²) in [4.78, 5) is 24.8. The van der Waals surface area contributed by atoms with Crippen molar-refractivity contribution < 1.29 is 28.9 Å². The topological polar surface area (TPSA) is 85.3 Å². The molecule has 0 fully saturated rings. The molecule has 1 heterocycles. The van der Waals surface area contributed by atoms with Crippen LogP contribution in [0.5, 0.6) is 0 Å². The van der Waals surface area contributed by atoms with Crippen LogP contribution in [0.1, 0.15) is 12.8 Å². The quantitative estimate of drug-likeness (QED) is 0.556. The number of aliphatic hydroxyl groups is 1. The zero-order valence-corrected chi connectivity index (χ0v) is 12.7. The molecule has 0 unspecified atom stereocenters. The van der Waals surface area contributed by atoms with Crippen LogP contribution in [0.15, 0.2) is 12.2 Å². The van der Waals surface area contributed by atoms with Gasteiger partial charge in [0.1, 0.15) is 18.3 Å². The minimum Gasteiger partial charge on any atom is -0.469 e. The molecule has 0 saturated carbocycles. The third-order valence-electron chi connectivity index (χ3n) is 3.46. The van der Waals surface area contributed by atoms with Crippen molar-refractivity contribution >= 4 is 11.9 Å². The summed E-state index contributed by atoms with van der Waals surface area (Å²) in [7, 11) is 4.28. The fraction of sp³-hybridized carbons (Fsp3) is 0.714. The lowest BCUT2D eigenvalue weighted by molar-refractivity contribution is -0.145. The molecule has 1 aliphatic rings. The van der Waals surface area contributed by atoms with Gasteiger partial charge in [-0.25, -0.2) is 0 Å². The number of rotatable bonds is 5. The maximum Gasteiger partial charge on any atom is 0.306 e. The first-order valence-corrected chi connectivity index (χ1v) is 6.78. The lowest BCUT2D eigenvalue weighted by Gasteiger charge is -2.34. The number of aliphatic hydroxyl groups excluding tert-OH is 1. The number of hydrogen-bond donors (Lipinski definition) is 1. The summed E-state index contributed by atoms with van der Waals surface area (Å²) in [5, 5.41) is 9.95. The first-order chi connectivity index (χ1) is 10.0. The van der Waals surface area contributed by atoms with Crippen LogP contribution in [0.3, 0.4) is 0 Å². The molecule has 0 aromatic carbocycles. The molecule has 0 spiro atoms. The van der Waals surface area contributed by atoms with Crippen LogP contribution in [0.2, 0.25) is 0 Å². The molecule has 7 heteroatoms. The van der Waals surface area contributed by atoms with E-state index in [4.69, 9.17) is 9.47 Å². The van der Waals surface area contributed by atoms with Gasteiger partial charge < -0.3 is 24.2 Å². The maximum atomic E-state index is 12.1. The van der Waals surface area contributed by atoms with Gasteiger partial charge in [0.15, 0.2) is 0 Å². The molecule has 0 aromatic rings. The van der Waals surface area contributed by atoms with Crippen molar-refractivity contribution in [2.75, 3.05) is 34.4 Å². The van der Waals surface area contributed by atoms with Crippen LogP contribution in [0.4, 0.5) is 0 Å². The summed E-state index contributed by atoms with van der Waals surface area (Å²) in [6.07, 6.45) is 1.63. The molecular weight excluding hydrogens is 278 g/mol. The van der Waals surface area contributed by atoms with E-state index in [1.807, 2.05) is 0 Å². The van der Waals surface area contributed by atoms with E-state index in [0.29, 0.717) is 6.54 Å². The summed E-state index contributed by atoms with van der Waals surface area (Å²) in [5.41, 5.74) is 0. The Morgan fingerprint density at radius 1 is 1.24 bits per heavy atom. The molecule has 21 heavy (non-hydrogen) atoms. The van der Waals surface area contributed by atoms with Crippen molar-refractivity contribution in [2.24, 2.45) is 0 Å². The summed E-state index contributed by atoms with van der Waals surface area (Å²) in [6, 6.07) is 0. The highest BCUT2D eigenvalue weighted by Crippen LogP contribution is 2.15. The maximum absolute atomic E-state index is 12.1. The second-order valence-electron chi connectivity index (χ2n) is 4.77. The van der Waals surface area contributed by atoms with Crippen LogP contribution < -0.4 is 0 Å². The van der Waals surface area contributed by atoms with Gasteiger partial charge in [-0.2, -0.15) is 0 Å².